The van der Waals surface area contributed by atoms with Crippen molar-refractivity contribution in [1.29, 1.82) is 0 Å². The molecule has 1 aromatic carbocycles. The Morgan fingerprint density at radius 1 is 1.26 bits per heavy atom. The number of furan rings is 1. The molecule has 0 saturated heterocycles. The Kier molecular flexibility index (Phi) is 4.30. The van der Waals surface area contributed by atoms with Crippen LogP contribution in [-0.4, -0.2) is 13.1 Å². The van der Waals surface area contributed by atoms with E-state index in [4.69, 9.17) is 27.6 Å². The van der Waals surface area contributed by atoms with Crippen molar-refractivity contribution in [2.45, 2.75) is 0 Å². The maximum absolute atomic E-state index is 11.0. The smallest absolute Gasteiger partial charge is 0.330 e. The summed E-state index contributed by atoms with van der Waals surface area (Å²) in [5.74, 6) is 0.695. The number of hydrogen-bond acceptors (Lipinski definition) is 3. The molecule has 0 radical (unpaired) electrons. The third-order valence-electron chi connectivity index (χ3n) is 2.41. The lowest BCUT2D eigenvalue weighted by molar-refractivity contribution is -0.134. The third-order valence-corrected chi connectivity index (χ3v) is 2.96. The maximum atomic E-state index is 11.0. The van der Waals surface area contributed by atoms with Gasteiger partial charge in [0.25, 0.3) is 0 Å². The van der Waals surface area contributed by atoms with E-state index in [9.17, 15) is 4.79 Å². The molecule has 3 nitrogen and oxygen atoms in total. The summed E-state index contributed by atoms with van der Waals surface area (Å²) in [5.41, 5.74) is 0.740. The van der Waals surface area contributed by atoms with E-state index in [0.29, 0.717) is 21.6 Å². The molecule has 0 bridgehead atoms. The highest BCUT2D eigenvalue weighted by molar-refractivity contribution is 6.36. The standard InChI is InChI=1S/C14H10Cl2O3/c1-18-14(17)7-4-10-3-6-13(19-10)11-5-2-9(15)8-12(11)16/h2-8H,1H3. The van der Waals surface area contributed by atoms with Gasteiger partial charge in [-0.05, 0) is 36.4 Å². The van der Waals surface area contributed by atoms with Crippen molar-refractivity contribution >= 4 is 35.2 Å². The number of methoxy groups -OCH3 is 1. The fourth-order valence-electron chi connectivity index (χ4n) is 1.49. The van der Waals surface area contributed by atoms with Crippen LogP contribution in [0.2, 0.25) is 10.0 Å². The number of ether oxygens (including phenoxy) is 1. The second-order valence-electron chi connectivity index (χ2n) is 3.68. The monoisotopic (exact) mass is 296 g/mol. The van der Waals surface area contributed by atoms with E-state index < -0.39 is 5.97 Å². The molecule has 0 spiro atoms. The number of carbonyl (C=O) groups excluding carboxylic acids is 1. The van der Waals surface area contributed by atoms with E-state index >= 15 is 0 Å². The van der Waals surface area contributed by atoms with Gasteiger partial charge in [-0.1, -0.05) is 23.2 Å². The summed E-state index contributed by atoms with van der Waals surface area (Å²) >= 11 is 11.9. The van der Waals surface area contributed by atoms with Gasteiger partial charge in [-0.3, -0.25) is 0 Å². The highest BCUT2D eigenvalue weighted by Crippen LogP contribution is 2.31. The Morgan fingerprint density at radius 2 is 2.05 bits per heavy atom. The summed E-state index contributed by atoms with van der Waals surface area (Å²) in [7, 11) is 1.31. The molecule has 0 amide bonds. The van der Waals surface area contributed by atoms with Gasteiger partial charge < -0.3 is 9.15 Å². The number of rotatable bonds is 3. The average molecular weight is 297 g/mol. The molecule has 0 aliphatic heterocycles. The number of carbonyl (C=O) groups is 1. The van der Waals surface area contributed by atoms with Crippen LogP contribution in [0.1, 0.15) is 5.76 Å². The molecule has 0 unspecified atom stereocenters. The lowest BCUT2D eigenvalue weighted by Crippen LogP contribution is -1.92. The highest BCUT2D eigenvalue weighted by atomic mass is 35.5. The largest absolute Gasteiger partial charge is 0.466 e. The van der Waals surface area contributed by atoms with Crippen LogP contribution in [0.3, 0.4) is 0 Å². The van der Waals surface area contributed by atoms with E-state index in [2.05, 4.69) is 4.74 Å². The molecule has 0 saturated carbocycles. The van der Waals surface area contributed by atoms with Crippen molar-refractivity contribution in [2.24, 2.45) is 0 Å². The summed E-state index contributed by atoms with van der Waals surface area (Å²) in [6, 6.07) is 8.66. The minimum atomic E-state index is -0.442. The van der Waals surface area contributed by atoms with Crippen LogP contribution >= 0.6 is 23.2 Å². The van der Waals surface area contributed by atoms with Crippen molar-refractivity contribution in [3.8, 4) is 11.3 Å². The van der Waals surface area contributed by atoms with E-state index in [1.807, 2.05) is 0 Å². The van der Waals surface area contributed by atoms with Gasteiger partial charge in [-0.15, -0.1) is 0 Å². The fourth-order valence-corrected chi connectivity index (χ4v) is 2.00. The Labute approximate surface area is 120 Å². The van der Waals surface area contributed by atoms with Crippen molar-refractivity contribution in [2.75, 3.05) is 7.11 Å². The summed E-state index contributed by atoms with van der Waals surface area (Å²) in [5, 5.41) is 1.07. The molecule has 98 valence electrons. The van der Waals surface area contributed by atoms with Gasteiger partial charge in [0, 0.05) is 16.7 Å². The van der Waals surface area contributed by atoms with Crippen LogP contribution < -0.4 is 0 Å². The Morgan fingerprint density at radius 3 is 2.74 bits per heavy atom. The van der Waals surface area contributed by atoms with Gasteiger partial charge in [0.2, 0.25) is 0 Å². The molecule has 5 heteroatoms. The quantitative estimate of drug-likeness (QED) is 0.621. The summed E-state index contributed by atoms with van der Waals surface area (Å²) in [6.45, 7) is 0. The molecule has 0 atom stereocenters. The number of esters is 1. The van der Waals surface area contributed by atoms with Gasteiger partial charge in [0.1, 0.15) is 11.5 Å². The predicted octanol–water partition coefficient (Wildman–Crippen LogP) is 4.44. The number of benzene rings is 1. The lowest BCUT2D eigenvalue weighted by Gasteiger charge is -2.00. The minimum Gasteiger partial charge on any atom is -0.466 e. The van der Waals surface area contributed by atoms with Gasteiger partial charge in [0.05, 0.1) is 12.1 Å². The second kappa shape index (κ2) is 5.95. The SMILES string of the molecule is COC(=O)C=Cc1ccc(-c2ccc(Cl)cc2Cl)o1. The van der Waals surface area contributed by atoms with Gasteiger partial charge in [-0.25, -0.2) is 4.79 Å². The number of hydrogen-bond donors (Lipinski definition) is 0. The van der Waals surface area contributed by atoms with E-state index in [-0.39, 0.29) is 0 Å². The second-order valence-corrected chi connectivity index (χ2v) is 4.53. The minimum absolute atomic E-state index is 0.442. The van der Waals surface area contributed by atoms with E-state index in [1.165, 1.54) is 19.3 Å². The topological polar surface area (TPSA) is 39.4 Å². The molecule has 0 aliphatic rings. The van der Waals surface area contributed by atoms with E-state index in [1.54, 1.807) is 30.3 Å². The van der Waals surface area contributed by atoms with Gasteiger partial charge >= 0.3 is 5.97 Å². The van der Waals surface area contributed by atoms with Crippen molar-refractivity contribution in [1.82, 2.24) is 0 Å². The van der Waals surface area contributed by atoms with Crippen molar-refractivity contribution < 1.29 is 13.9 Å². The molecule has 0 N–H and O–H groups in total. The first kappa shape index (κ1) is 13.7. The summed E-state index contributed by atoms with van der Waals surface area (Å²) < 4.78 is 10.1. The first-order valence-electron chi connectivity index (χ1n) is 5.41. The van der Waals surface area contributed by atoms with Crippen LogP contribution in [0, 0.1) is 0 Å². The van der Waals surface area contributed by atoms with Crippen LogP contribution in [0.4, 0.5) is 0 Å². The van der Waals surface area contributed by atoms with Crippen LogP contribution in [0.25, 0.3) is 17.4 Å². The molecule has 1 aromatic heterocycles. The maximum Gasteiger partial charge on any atom is 0.330 e. The first-order valence-corrected chi connectivity index (χ1v) is 6.17. The highest BCUT2D eigenvalue weighted by Gasteiger charge is 2.08. The Hall–Kier alpha value is -1.71. The zero-order valence-electron chi connectivity index (χ0n) is 10.0. The molecule has 0 fully saturated rings. The van der Waals surface area contributed by atoms with Gasteiger partial charge in [-0.2, -0.15) is 0 Å². The molecule has 1 heterocycles. The van der Waals surface area contributed by atoms with Crippen molar-refractivity contribution in [3.05, 3.63) is 52.2 Å². The molecular formula is C14H10Cl2O3. The van der Waals surface area contributed by atoms with Crippen LogP contribution in [-0.2, 0) is 9.53 Å². The molecule has 2 aromatic rings. The number of halogens is 2. The van der Waals surface area contributed by atoms with Crippen molar-refractivity contribution in [3.63, 3.8) is 0 Å². The Balaban J connectivity index is 2.26. The zero-order valence-corrected chi connectivity index (χ0v) is 11.5. The molecule has 2 rings (SSSR count). The molecule has 19 heavy (non-hydrogen) atoms. The summed E-state index contributed by atoms with van der Waals surface area (Å²) in [4.78, 5) is 11.0. The zero-order chi connectivity index (χ0) is 13.8. The molecule has 0 aliphatic carbocycles. The van der Waals surface area contributed by atoms with E-state index in [0.717, 1.165) is 5.56 Å². The fraction of sp³-hybridized carbons (Fsp3) is 0.0714. The van der Waals surface area contributed by atoms with Crippen LogP contribution in [0.5, 0.6) is 0 Å². The average Bonchev–Trinajstić information content (AvgIpc) is 2.84. The predicted molar refractivity (Wildman–Crippen MR) is 75.2 cm³/mol. The summed E-state index contributed by atoms with van der Waals surface area (Å²) in [6.07, 6.45) is 2.81. The van der Waals surface area contributed by atoms with Gasteiger partial charge in [0.15, 0.2) is 0 Å². The third kappa shape index (κ3) is 3.40. The Bertz CT molecular complexity index is 629. The lowest BCUT2D eigenvalue weighted by atomic mass is 10.2. The van der Waals surface area contributed by atoms with Crippen LogP contribution in [0.15, 0.2) is 40.8 Å². The normalized spacial score (nSPS) is 10.9. The molecular weight excluding hydrogens is 287 g/mol. The first-order chi connectivity index (χ1) is 9.10.